The summed E-state index contributed by atoms with van der Waals surface area (Å²) in [5.74, 6) is -0.0883. The van der Waals surface area contributed by atoms with Crippen LogP contribution in [0.15, 0.2) is 48.7 Å². The second-order valence-corrected chi connectivity index (χ2v) is 4.00. The molecule has 0 bridgehead atoms. The lowest BCUT2D eigenvalue weighted by Gasteiger charge is -2.04. The molecule has 0 fully saturated rings. The van der Waals surface area contributed by atoms with E-state index >= 15 is 0 Å². The summed E-state index contributed by atoms with van der Waals surface area (Å²) in [6.45, 7) is 7.41. The van der Waals surface area contributed by atoms with E-state index in [0.29, 0.717) is 23.6 Å². The number of esters is 1. The number of hydrogen-bond acceptors (Lipinski definition) is 4. The molecule has 0 atom stereocenters. The van der Waals surface area contributed by atoms with Gasteiger partial charge in [-0.3, -0.25) is 4.79 Å². The van der Waals surface area contributed by atoms with E-state index in [1.165, 1.54) is 13.0 Å². The zero-order valence-electron chi connectivity index (χ0n) is 11.1. The lowest BCUT2D eigenvalue weighted by molar-refractivity contribution is -0.129. The van der Waals surface area contributed by atoms with E-state index < -0.39 is 5.97 Å². The molecule has 0 saturated heterocycles. The van der Waals surface area contributed by atoms with Crippen molar-refractivity contribution in [2.75, 3.05) is 6.54 Å². The third-order valence-electron chi connectivity index (χ3n) is 2.34. The van der Waals surface area contributed by atoms with Crippen LogP contribution in [0.25, 0.3) is 0 Å². The minimum atomic E-state index is -0.468. The summed E-state index contributed by atoms with van der Waals surface area (Å²) in [4.78, 5) is 22.7. The van der Waals surface area contributed by atoms with Gasteiger partial charge < -0.3 is 10.1 Å². The fourth-order valence-corrected chi connectivity index (χ4v) is 1.36. The third kappa shape index (κ3) is 5.21. The summed E-state index contributed by atoms with van der Waals surface area (Å²) in [6, 6.07) is 6.43. The van der Waals surface area contributed by atoms with E-state index in [1.807, 2.05) is 0 Å². The number of nitrogens with one attached hydrogen (secondary N) is 1. The summed E-state index contributed by atoms with van der Waals surface area (Å²) < 4.78 is 5.11. The van der Waals surface area contributed by atoms with Gasteiger partial charge in [-0.25, -0.2) is 4.79 Å². The molecule has 0 saturated carbocycles. The Balaban J connectivity index is 2.61. The first-order chi connectivity index (χ1) is 9.02. The lowest BCUT2D eigenvalue weighted by atomic mass is 10.1. The highest BCUT2D eigenvalue weighted by molar-refractivity contribution is 5.94. The van der Waals surface area contributed by atoms with Gasteiger partial charge in [-0.15, -0.1) is 6.58 Å². The van der Waals surface area contributed by atoms with Gasteiger partial charge in [0.05, 0.1) is 0 Å². The number of ketones is 1. The fourth-order valence-electron chi connectivity index (χ4n) is 1.36. The first kappa shape index (κ1) is 14.7. The normalized spacial score (nSPS) is 10.7. The number of ether oxygens (including phenoxy) is 1. The summed E-state index contributed by atoms with van der Waals surface area (Å²) in [5.41, 5.74) is 1.28. The number of carbonyl (C=O) groups excluding carboxylic acids is 2. The van der Waals surface area contributed by atoms with Gasteiger partial charge in [-0.1, -0.05) is 6.08 Å². The van der Waals surface area contributed by atoms with Gasteiger partial charge in [-0.05, 0) is 38.1 Å². The van der Waals surface area contributed by atoms with E-state index in [0.717, 1.165) is 0 Å². The van der Waals surface area contributed by atoms with Crippen molar-refractivity contribution in [1.29, 1.82) is 0 Å². The molecule has 0 spiro atoms. The van der Waals surface area contributed by atoms with Crippen LogP contribution in [-0.4, -0.2) is 18.3 Å². The highest BCUT2D eigenvalue weighted by Gasteiger charge is 2.03. The maximum atomic E-state index is 11.6. The van der Waals surface area contributed by atoms with Crippen LogP contribution in [0.5, 0.6) is 5.75 Å². The summed E-state index contributed by atoms with van der Waals surface area (Å²) >= 11 is 0. The molecule has 0 amide bonds. The summed E-state index contributed by atoms with van der Waals surface area (Å²) in [6.07, 6.45) is 3.06. The molecule has 0 aliphatic carbocycles. The predicted molar refractivity (Wildman–Crippen MR) is 74.0 cm³/mol. The van der Waals surface area contributed by atoms with E-state index in [-0.39, 0.29) is 5.78 Å². The van der Waals surface area contributed by atoms with Crippen molar-refractivity contribution in [2.24, 2.45) is 0 Å². The zero-order valence-corrected chi connectivity index (χ0v) is 11.1. The average molecular weight is 259 g/mol. The van der Waals surface area contributed by atoms with Crippen molar-refractivity contribution in [3.05, 3.63) is 54.3 Å². The molecule has 1 aromatic carbocycles. The Labute approximate surface area is 112 Å². The van der Waals surface area contributed by atoms with Crippen molar-refractivity contribution in [2.45, 2.75) is 13.8 Å². The summed E-state index contributed by atoms with van der Waals surface area (Å²) in [5, 5.41) is 2.97. The molecule has 0 unspecified atom stereocenters. The van der Waals surface area contributed by atoms with Crippen molar-refractivity contribution in [1.82, 2.24) is 5.32 Å². The van der Waals surface area contributed by atoms with Gasteiger partial charge in [-0.2, -0.15) is 0 Å². The number of Topliss-reactive ketones (excluding diaryl/α,β-unsaturated/α-hetero) is 1. The number of allylic oxidation sites excluding steroid dienone is 1. The smallest absolute Gasteiger partial charge is 0.337 e. The minimum absolute atomic E-state index is 0.0257. The van der Waals surface area contributed by atoms with Gasteiger partial charge in [0.2, 0.25) is 0 Å². The molecule has 0 aliphatic heterocycles. The average Bonchev–Trinajstić information content (AvgIpc) is 2.36. The van der Waals surface area contributed by atoms with Crippen molar-refractivity contribution < 1.29 is 14.3 Å². The molecule has 4 nitrogen and oxygen atoms in total. The van der Waals surface area contributed by atoms with Gasteiger partial charge in [0.1, 0.15) is 5.75 Å². The predicted octanol–water partition coefficient (Wildman–Crippen LogP) is 2.47. The van der Waals surface area contributed by atoms with Crippen LogP contribution >= 0.6 is 0 Å². The number of carbonyl (C=O) groups is 2. The quantitative estimate of drug-likeness (QED) is 0.280. The second-order valence-electron chi connectivity index (χ2n) is 4.00. The van der Waals surface area contributed by atoms with E-state index in [4.69, 9.17) is 4.74 Å². The first-order valence-electron chi connectivity index (χ1n) is 5.89. The Morgan fingerprint density at radius 1 is 1.26 bits per heavy atom. The van der Waals surface area contributed by atoms with Gasteiger partial charge in [0.25, 0.3) is 0 Å². The Morgan fingerprint density at radius 2 is 1.89 bits per heavy atom. The number of hydrogen-bond donors (Lipinski definition) is 1. The van der Waals surface area contributed by atoms with Crippen LogP contribution in [0, 0.1) is 0 Å². The van der Waals surface area contributed by atoms with Crippen LogP contribution in [-0.2, 0) is 4.79 Å². The van der Waals surface area contributed by atoms with Crippen LogP contribution in [0.1, 0.15) is 24.2 Å². The van der Waals surface area contributed by atoms with Crippen molar-refractivity contribution in [3.63, 3.8) is 0 Å². The molecule has 4 heteroatoms. The van der Waals surface area contributed by atoms with E-state index in [2.05, 4.69) is 11.9 Å². The monoisotopic (exact) mass is 259 g/mol. The number of rotatable bonds is 6. The SMILES string of the molecule is C=CCNC(C)=CC(=O)Oc1ccc(C(C)=O)cc1. The maximum Gasteiger partial charge on any atom is 0.337 e. The third-order valence-corrected chi connectivity index (χ3v) is 2.34. The molecule has 1 aromatic rings. The van der Waals surface area contributed by atoms with Crippen molar-refractivity contribution in [3.8, 4) is 5.75 Å². The second kappa shape index (κ2) is 7.16. The fraction of sp³-hybridized carbons (Fsp3) is 0.200. The van der Waals surface area contributed by atoms with Gasteiger partial charge >= 0.3 is 5.97 Å². The van der Waals surface area contributed by atoms with Crippen LogP contribution in [0.3, 0.4) is 0 Å². The molecule has 0 radical (unpaired) electrons. The molecule has 0 aliphatic rings. The number of benzene rings is 1. The standard InChI is InChI=1S/C15H17NO3/c1-4-9-16-11(2)10-15(18)19-14-7-5-13(6-8-14)12(3)17/h4-8,10,16H,1,9H2,2-3H3. The minimum Gasteiger partial charge on any atom is -0.423 e. The van der Waals surface area contributed by atoms with Crippen LogP contribution in [0.2, 0.25) is 0 Å². The molecular weight excluding hydrogens is 242 g/mol. The Morgan fingerprint density at radius 3 is 2.42 bits per heavy atom. The van der Waals surface area contributed by atoms with Gasteiger partial charge in [0.15, 0.2) is 5.78 Å². The largest absolute Gasteiger partial charge is 0.423 e. The Kier molecular flexibility index (Phi) is 5.54. The van der Waals surface area contributed by atoms with Crippen molar-refractivity contribution >= 4 is 11.8 Å². The zero-order chi connectivity index (χ0) is 14.3. The molecule has 1 N–H and O–H groups in total. The molecule has 100 valence electrons. The Hall–Kier alpha value is -2.36. The highest BCUT2D eigenvalue weighted by atomic mass is 16.5. The van der Waals surface area contributed by atoms with Gasteiger partial charge in [0, 0.05) is 23.9 Å². The van der Waals surface area contributed by atoms with E-state index in [1.54, 1.807) is 37.3 Å². The van der Waals surface area contributed by atoms with Crippen LogP contribution in [0.4, 0.5) is 0 Å². The summed E-state index contributed by atoms with van der Waals surface area (Å²) in [7, 11) is 0. The first-order valence-corrected chi connectivity index (χ1v) is 5.89. The Bertz CT molecular complexity index is 501. The molecule has 1 rings (SSSR count). The maximum absolute atomic E-state index is 11.6. The molecule has 0 aromatic heterocycles. The molecule has 19 heavy (non-hydrogen) atoms. The van der Waals surface area contributed by atoms with Crippen LogP contribution < -0.4 is 10.1 Å². The lowest BCUT2D eigenvalue weighted by Crippen LogP contribution is -2.14. The molecule has 0 heterocycles. The molecular formula is C15H17NO3. The topological polar surface area (TPSA) is 55.4 Å². The highest BCUT2D eigenvalue weighted by Crippen LogP contribution is 2.13. The van der Waals surface area contributed by atoms with E-state index in [9.17, 15) is 9.59 Å².